The van der Waals surface area contributed by atoms with Gasteiger partial charge in [0.2, 0.25) is 5.91 Å². The van der Waals surface area contributed by atoms with Gasteiger partial charge in [0.25, 0.3) is 0 Å². The lowest BCUT2D eigenvalue weighted by Crippen LogP contribution is -2.49. The Balaban J connectivity index is 1.35. The molecule has 0 bridgehead atoms. The first-order valence-corrected chi connectivity index (χ1v) is 9.42. The van der Waals surface area contributed by atoms with Gasteiger partial charge in [-0.2, -0.15) is 23.4 Å². The molecule has 4 rings (SSSR count). The van der Waals surface area contributed by atoms with E-state index in [1.807, 2.05) is 19.4 Å². The third-order valence-electron chi connectivity index (χ3n) is 5.27. The zero-order valence-electron chi connectivity index (χ0n) is 15.7. The molecule has 2 fully saturated rings. The van der Waals surface area contributed by atoms with Crippen LogP contribution >= 0.6 is 0 Å². The Bertz CT molecular complexity index is 846. The molecule has 28 heavy (non-hydrogen) atoms. The molecule has 0 aromatic carbocycles. The number of carbonyl (C=O) groups is 1. The number of amides is 1. The predicted octanol–water partition coefficient (Wildman–Crippen LogP) is 1.86. The summed E-state index contributed by atoms with van der Waals surface area (Å²) in [5.74, 6) is -0.0903. The molecular formula is C18H23F3N6O. The van der Waals surface area contributed by atoms with Crippen molar-refractivity contribution in [3.63, 3.8) is 0 Å². The van der Waals surface area contributed by atoms with Gasteiger partial charge in [0.05, 0.1) is 6.20 Å². The van der Waals surface area contributed by atoms with Crippen LogP contribution in [0.15, 0.2) is 18.5 Å². The number of aromatic nitrogens is 4. The van der Waals surface area contributed by atoms with Crippen LogP contribution in [0.5, 0.6) is 0 Å². The summed E-state index contributed by atoms with van der Waals surface area (Å²) in [6.45, 7) is 3.21. The monoisotopic (exact) mass is 396 g/mol. The Morgan fingerprint density at radius 3 is 2.50 bits per heavy atom. The van der Waals surface area contributed by atoms with E-state index in [4.69, 9.17) is 0 Å². The highest BCUT2D eigenvalue weighted by atomic mass is 19.4. The van der Waals surface area contributed by atoms with Crippen LogP contribution in [-0.2, 0) is 31.1 Å². The lowest BCUT2D eigenvalue weighted by atomic mass is 10.2. The molecule has 10 heteroatoms. The van der Waals surface area contributed by atoms with Crippen molar-refractivity contribution in [3.8, 4) is 0 Å². The maximum absolute atomic E-state index is 13.0. The SMILES string of the molecule is Cn1cc(CN2CCN(C(=O)Cn3nc(C(F)(F)F)cc3C3CC3)CC2)cn1. The van der Waals surface area contributed by atoms with Crippen LogP contribution in [-0.4, -0.2) is 61.4 Å². The molecule has 2 aromatic rings. The number of rotatable bonds is 5. The first-order chi connectivity index (χ1) is 13.3. The van der Waals surface area contributed by atoms with Crippen LogP contribution < -0.4 is 0 Å². The van der Waals surface area contributed by atoms with Crippen LogP contribution in [0.3, 0.4) is 0 Å². The second-order valence-electron chi connectivity index (χ2n) is 7.56. The highest BCUT2D eigenvalue weighted by Gasteiger charge is 2.38. The largest absolute Gasteiger partial charge is 0.435 e. The van der Waals surface area contributed by atoms with Gasteiger partial charge in [0.15, 0.2) is 5.69 Å². The molecule has 0 unspecified atom stereocenters. The first-order valence-electron chi connectivity index (χ1n) is 9.42. The number of hydrogen-bond acceptors (Lipinski definition) is 4. The molecule has 1 amide bonds. The Hall–Kier alpha value is -2.36. The Morgan fingerprint density at radius 1 is 1.21 bits per heavy atom. The number of aryl methyl sites for hydroxylation is 1. The maximum atomic E-state index is 13.0. The number of carbonyl (C=O) groups excluding carboxylic acids is 1. The average Bonchev–Trinajstić information content (AvgIpc) is 3.26. The molecule has 0 spiro atoms. The third kappa shape index (κ3) is 4.21. The Kier molecular flexibility index (Phi) is 4.90. The number of halogens is 3. The van der Waals surface area contributed by atoms with Crippen LogP contribution in [0.1, 0.15) is 35.7 Å². The summed E-state index contributed by atoms with van der Waals surface area (Å²) < 4.78 is 42.0. The molecular weight excluding hydrogens is 373 g/mol. The molecule has 7 nitrogen and oxygen atoms in total. The van der Waals surface area contributed by atoms with E-state index in [1.54, 1.807) is 9.58 Å². The van der Waals surface area contributed by atoms with E-state index in [1.165, 1.54) is 4.68 Å². The summed E-state index contributed by atoms with van der Waals surface area (Å²) in [4.78, 5) is 16.6. The van der Waals surface area contributed by atoms with Gasteiger partial charge in [-0.1, -0.05) is 0 Å². The maximum Gasteiger partial charge on any atom is 0.435 e. The van der Waals surface area contributed by atoms with Crippen molar-refractivity contribution in [2.45, 2.75) is 38.0 Å². The Morgan fingerprint density at radius 2 is 1.93 bits per heavy atom. The molecule has 2 aromatic heterocycles. The summed E-state index contributed by atoms with van der Waals surface area (Å²) in [7, 11) is 1.87. The molecule has 0 N–H and O–H groups in total. The van der Waals surface area contributed by atoms with Crippen molar-refractivity contribution in [1.29, 1.82) is 0 Å². The molecule has 0 radical (unpaired) electrons. The van der Waals surface area contributed by atoms with Gasteiger partial charge in [-0.15, -0.1) is 0 Å². The van der Waals surface area contributed by atoms with Crippen molar-refractivity contribution < 1.29 is 18.0 Å². The van der Waals surface area contributed by atoms with Crippen LogP contribution in [0.4, 0.5) is 13.2 Å². The number of piperazine rings is 1. The lowest BCUT2D eigenvalue weighted by Gasteiger charge is -2.34. The zero-order chi connectivity index (χ0) is 19.9. The number of nitrogens with zero attached hydrogens (tertiary/aromatic N) is 6. The van der Waals surface area contributed by atoms with Crippen molar-refractivity contribution in [3.05, 3.63) is 35.4 Å². The second kappa shape index (κ2) is 7.23. The fourth-order valence-electron chi connectivity index (χ4n) is 3.60. The van der Waals surface area contributed by atoms with Gasteiger partial charge in [-0.25, -0.2) is 0 Å². The number of alkyl halides is 3. The van der Waals surface area contributed by atoms with E-state index in [0.29, 0.717) is 18.8 Å². The van der Waals surface area contributed by atoms with E-state index in [2.05, 4.69) is 15.1 Å². The smallest absolute Gasteiger partial charge is 0.339 e. The van der Waals surface area contributed by atoms with Crippen LogP contribution in [0.25, 0.3) is 0 Å². The van der Waals surface area contributed by atoms with Crippen LogP contribution in [0, 0.1) is 0 Å². The fourth-order valence-corrected chi connectivity index (χ4v) is 3.60. The van der Waals surface area contributed by atoms with E-state index in [0.717, 1.165) is 44.1 Å². The second-order valence-corrected chi connectivity index (χ2v) is 7.56. The molecule has 0 atom stereocenters. The summed E-state index contributed by atoms with van der Waals surface area (Å²) in [6.07, 6.45) is 1.00. The van der Waals surface area contributed by atoms with Crippen molar-refractivity contribution in [2.75, 3.05) is 26.2 Å². The molecule has 2 aliphatic rings. The van der Waals surface area contributed by atoms with Gasteiger partial charge in [0.1, 0.15) is 6.54 Å². The minimum Gasteiger partial charge on any atom is -0.339 e. The third-order valence-corrected chi connectivity index (χ3v) is 5.27. The fraction of sp³-hybridized carbons (Fsp3) is 0.611. The highest BCUT2D eigenvalue weighted by molar-refractivity contribution is 5.76. The van der Waals surface area contributed by atoms with Crippen molar-refractivity contribution in [2.24, 2.45) is 7.05 Å². The first kappa shape index (κ1) is 19.0. The van der Waals surface area contributed by atoms with E-state index in [-0.39, 0.29) is 18.4 Å². The lowest BCUT2D eigenvalue weighted by molar-refractivity contribution is -0.142. The van der Waals surface area contributed by atoms with E-state index < -0.39 is 11.9 Å². The van der Waals surface area contributed by atoms with Gasteiger partial charge in [0, 0.05) is 63.1 Å². The average molecular weight is 396 g/mol. The minimum atomic E-state index is -4.49. The Labute approximate surface area is 160 Å². The molecule has 1 saturated carbocycles. The minimum absolute atomic E-state index is 0.0905. The molecule has 152 valence electrons. The van der Waals surface area contributed by atoms with E-state index >= 15 is 0 Å². The van der Waals surface area contributed by atoms with Gasteiger partial charge in [-0.3, -0.25) is 19.1 Å². The van der Waals surface area contributed by atoms with Crippen molar-refractivity contribution >= 4 is 5.91 Å². The normalized spacial score (nSPS) is 18.6. The van der Waals surface area contributed by atoms with Gasteiger partial charge in [-0.05, 0) is 18.9 Å². The van der Waals surface area contributed by atoms with Gasteiger partial charge < -0.3 is 4.90 Å². The molecule has 1 aliphatic carbocycles. The predicted molar refractivity (Wildman–Crippen MR) is 94.3 cm³/mol. The molecule has 1 aliphatic heterocycles. The van der Waals surface area contributed by atoms with E-state index in [9.17, 15) is 18.0 Å². The number of hydrogen-bond donors (Lipinski definition) is 0. The highest BCUT2D eigenvalue weighted by Crippen LogP contribution is 2.42. The topological polar surface area (TPSA) is 59.2 Å². The van der Waals surface area contributed by atoms with Crippen molar-refractivity contribution in [1.82, 2.24) is 29.4 Å². The molecule has 1 saturated heterocycles. The standard InChI is InChI=1S/C18H23F3N6O/c1-24-10-13(9-22-24)11-25-4-6-26(7-5-25)17(28)12-27-15(14-2-3-14)8-16(23-27)18(19,20)21/h8-10,14H,2-7,11-12H2,1H3. The summed E-state index contributed by atoms with van der Waals surface area (Å²) in [5.41, 5.74) is 0.729. The van der Waals surface area contributed by atoms with Gasteiger partial charge >= 0.3 is 6.18 Å². The summed E-state index contributed by atoms with van der Waals surface area (Å²) in [5, 5.41) is 7.83. The summed E-state index contributed by atoms with van der Waals surface area (Å²) in [6, 6.07) is 1.09. The zero-order valence-corrected chi connectivity index (χ0v) is 15.7. The quantitative estimate of drug-likeness (QED) is 0.774. The van der Waals surface area contributed by atoms with Crippen LogP contribution in [0.2, 0.25) is 0 Å². The summed E-state index contributed by atoms with van der Waals surface area (Å²) >= 11 is 0. The molecule has 3 heterocycles.